The molecule has 10 heteroatoms. The number of nitrogens with one attached hydrogen (secondary N) is 1. The van der Waals surface area contributed by atoms with Crippen LogP contribution < -0.4 is 5.32 Å². The molecule has 1 aromatic carbocycles. The zero-order valence-corrected chi connectivity index (χ0v) is 23.4. The number of halogens is 1. The third kappa shape index (κ3) is 6.78. The van der Waals surface area contributed by atoms with E-state index in [0.717, 1.165) is 50.5 Å². The van der Waals surface area contributed by atoms with E-state index in [1.165, 1.54) is 20.5 Å². The van der Waals surface area contributed by atoms with Crippen LogP contribution in [0.1, 0.15) is 21.6 Å². The number of aromatic nitrogens is 1. The number of fused-ring (bicyclic) bond motifs is 2. The van der Waals surface area contributed by atoms with Gasteiger partial charge in [0.2, 0.25) is 11.8 Å². The number of morpholine rings is 1. The SMILES string of the molecule is Cc1c(CN(C)C(=O)/C=C/c2cnc3c(c2)CN(CCN2CCOCC2)CC(=O)N3)sc2ccccc12.Cl. The summed E-state index contributed by atoms with van der Waals surface area (Å²) in [6, 6.07) is 10.4. The number of benzene rings is 1. The van der Waals surface area contributed by atoms with Gasteiger partial charge in [-0.05, 0) is 41.6 Å². The zero-order valence-electron chi connectivity index (χ0n) is 21.8. The molecule has 1 fully saturated rings. The van der Waals surface area contributed by atoms with E-state index in [-0.39, 0.29) is 24.2 Å². The second kappa shape index (κ2) is 12.8. The normalized spacial score (nSPS) is 16.6. The molecule has 0 unspecified atom stereocenters. The summed E-state index contributed by atoms with van der Waals surface area (Å²) in [5.41, 5.74) is 3.03. The fourth-order valence-electron chi connectivity index (χ4n) is 4.75. The number of carbonyl (C=O) groups excluding carboxylic acids is 2. The van der Waals surface area contributed by atoms with E-state index in [9.17, 15) is 9.59 Å². The van der Waals surface area contributed by atoms with Gasteiger partial charge in [-0.1, -0.05) is 18.2 Å². The van der Waals surface area contributed by atoms with E-state index in [1.807, 2.05) is 25.2 Å². The van der Waals surface area contributed by atoms with E-state index in [1.54, 1.807) is 34.6 Å². The fraction of sp³-hybridized carbons (Fsp3) is 0.393. The lowest BCUT2D eigenvalue weighted by molar-refractivity contribution is -0.125. The molecule has 2 aliphatic rings. The Hall–Kier alpha value is -2.82. The molecular formula is C28H34ClN5O3S. The number of pyridine rings is 1. The lowest BCUT2D eigenvalue weighted by Crippen LogP contribution is -2.42. The standard InChI is InChI=1S/C28H33N5O3S.ClH/c1-20-23-5-3-4-6-24(23)37-25(20)18-31(2)27(35)8-7-21-15-22-17-33(10-9-32-11-13-36-14-12-32)19-26(34)30-28(22)29-16-21;/h3-8,15-16H,9-14,17-19H2,1-2H3,(H,29,30,34);1H/b8-7+;. The van der Waals surface area contributed by atoms with Crippen LogP contribution in [0.3, 0.4) is 0 Å². The Kier molecular flexibility index (Phi) is 9.51. The van der Waals surface area contributed by atoms with Crippen LogP contribution in [0.5, 0.6) is 0 Å². The number of amides is 2. The topological polar surface area (TPSA) is 78.0 Å². The van der Waals surface area contributed by atoms with Crippen molar-refractivity contribution in [2.75, 3.05) is 58.3 Å². The van der Waals surface area contributed by atoms with Gasteiger partial charge in [0.05, 0.1) is 26.3 Å². The van der Waals surface area contributed by atoms with E-state index in [0.29, 0.717) is 25.5 Å². The molecule has 0 aliphatic carbocycles. The molecule has 38 heavy (non-hydrogen) atoms. The monoisotopic (exact) mass is 555 g/mol. The average Bonchev–Trinajstić information content (AvgIpc) is 3.12. The first-order chi connectivity index (χ1) is 18.0. The second-order valence-electron chi connectivity index (χ2n) is 9.66. The molecule has 2 aromatic heterocycles. The molecule has 3 aromatic rings. The number of hydrogen-bond donors (Lipinski definition) is 1. The Morgan fingerprint density at radius 1 is 1.18 bits per heavy atom. The number of likely N-dealkylation sites (N-methyl/N-ethyl adjacent to an activating group) is 1. The lowest BCUT2D eigenvalue weighted by atomic mass is 10.1. The van der Waals surface area contributed by atoms with Crippen molar-refractivity contribution in [3.8, 4) is 0 Å². The molecule has 2 aliphatic heterocycles. The van der Waals surface area contributed by atoms with Crippen molar-refractivity contribution >= 4 is 57.5 Å². The number of nitrogens with zero attached hydrogens (tertiary/aromatic N) is 4. The number of ether oxygens (including phenoxy) is 1. The van der Waals surface area contributed by atoms with Crippen LogP contribution >= 0.6 is 23.7 Å². The average molecular weight is 556 g/mol. The van der Waals surface area contributed by atoms with Gasteiger partial charge in [0.25, 0.3) is 0 Å². The minimum absolute atomic E-state index is 0. The number of hydrogen-bond acceptors (Lipinski definition) is 7. The molecular weight excluding hydrogens is 522 g/mol. The van der Waals surface area contributed by atoms with E-state index < -0.39 is 0 Å². The van der Waals surface area contributed by atoms with Crippen LogP contribution in [-0.2, 0) is 27.4 Å². The molecule has 0 saturated carbocycles. The Morgan fingerprint density at radius 2 is 1.95 bits per heavy atom. The van der Waals surface area contributed by atoms with Crippen LogP contribution in [-0.4, -0.2) is 84.5 Å². The molecule has 4 heterocycles. The summed E-state index contributed by atoms with van der Waals surface area (Å²) in [5.74, 6) is 0.483. The summed E-state index contributed by atoms with van der Waals surface area (Å²) in [5, 5.41) is 4.17. The highest BCUT2D eigenvalue weighted by Gasteiger charge is 2.21. The molecule has 0 bridgehead atoms. The molecule has 5 rings (SSSR count). The third-order valence-electron chi connectivity index (χ3n) is 6.96. The highest BCUT2D eigenvalue weighted by molar-refractivity contribution is 7.19. The summed E-state index contributed by atoms with van der Waals surface area (Å²) in [6.45, 7) is 8.75. The zero-order chi connectivity index (χ0) is 25.8. The largest absolute Gasteiger partial charge is 0.379 e. The number of rotatable bonds is 7. The number of carbonyl (C=O) groups is 2. The second-order valence-corrected chi connectivity index (χ2v) is 10.8. The summed E-state index contributed by atoms with van der Waals surface area (Å²) >= 11 is 1.74. The van der Waals surface area contributed by atoms with Crippen molar-refractivity contribution in [1.82, 2.24) is 19.7 Å². The predicted molar refractivity (Wildman–Crippen MR) is 155 cm³/mol. The Balaban J connectivity index is 0.00000336. The van der Waals surface area contributed by atoms with Crippen molar-refractivity contribution in [3.63, 3.8) is 0 Å². The molecule has 0 spiro atoms. The lowest BCUT2D eigenvalue weighted by Gasteiger charge is -2.29. The third-order valence-corrected chi connectivity index (χ3v) is 8.22. The maximum atomic E-state index is 12.9. The van der Waals surface area contributed by atoms with Gasteiger partial charge < -0.3 is 15.0 Å². The molecule has 0 atom stereocenters. The van der Waals surface area contributed by atoms with Crippen molar-refractivity contribution in [3.05, 3.63) is 64.2 Å². The van der Waals surface area contributed by atoms with Gasteiger partial charge in [-0.25, -0.2) is 4.98 Å². The van der Waals surface area contributed by atoms with E-state index in [4.69, 9.17) is 4.74 Å². The van der Waals surface area contributed by atoms with Gasteiger partial charge in [-0.15, -0.1) is 23.7 Å². The molecule has 2 amide bonds. The molecule has 1 saturated heterocycles. The minimum atomic E-state index is -0.0627. The Labute approximate surface area is 233 Å². The summed E-state index contributed by atoms with van der Waals surface area (Å²) in [4.78, 5) is 37.2. The quantitative estimate of drug-likeness (QED) is 0.447. The van der Waals surface area contributed by atoms with Crippen LogP contribution in [0.2, 0.25) is 0 Å². The van der Waals surface area contributed by atoms with Crippen LogP contribution in [0, 0.1) is 6.92 Å². The summed E-state index contributed by atoms with van der Waals surface area (Å²) < 4.78 is 6.67. The molecule has 0 radical (unpaired) electrons. The van der Waals surface area contributed by atoms with Crippen molar-refractivity contribution in [2.45, 2.75) is 20.0 Å². The van der Waals surface area contributed by atoms with E-state index >= 15 is 0 Å². The Morgan fingerprint density at radius 3 is 2.74 bits per heavy atom. The molecule has 202 valence electrons. The van der Waals surface area contributed by atoms with Gasteiger partial charge in [0, 0.05) is 67.2 Å². The van der Waals surface area contributed by atoms with Crippen molar-refractivity contribution < 1.29 is 14.3 Å². The summed E-state index contributed by atoms with van der Waals surface area (Å²) in [6.07, 6.45) is 5.09. The van der Waals surface area contributed by atoms with Gasteiger partial charge in [0.15, 0.2) is 0 Å². The smallest absolute Gasteiger partial charge is 0.246 e. The summed E-state index contributed by atoms with van der Waals surface area (Å²) in [7, 11) is 1.83. The van der Waals surface area contributed by atoms with Gasteiger partial charge in [-0.3, -0.25) is 19.4 Å². The van der Waals surface area contributed by atoms with Gasteiger partial charge in [-0.2, -0.15) is 0 Å². The van der Waals surface area contributed by atoms with Gasteiger partial charge >= 0.3 is 0 Å². The first-order valence-corrected chi connectivity index (χ1v) is 13.5. The maximum Gasteiger partial charge on any atom is 0.246 e. The van der Waals surface area contributed by atoms with Crippen molar-refractivity contribution in [1.29, 1.82) is 0 Å². The van der Waals surface area contributed by atoms with Crippen LogP contribution in [0.4, 0.5) is 5.82 Å². The van der Waals surface area contributed by atoms with Crippen molar-refractivity contribution in [2.24, 2.45) is 0 Å². The first kappa shape index (κ1) is 28.2. The molecule has 8 nitrogen and oxygen atoms in total. The Bertz CT molecular complexity index is 1320. The predicted octanol–water partition coefficient (Wildman–Crippen LogP) is 3.78. The first-order valence-electron chi connectivity index (χ1n) is 12.7. The number of thiophene rings is 1. The highest BCUT2D eigenvalue weighted by Crippen LogP contribution is 2.31. The number of aryl methyl sites for hydroxylation is 1. The van der Waals surface area contributed by atoms with Crippen LogP contribution in [0.15, 0.2) is 42.6 Å². The van der Waals surface area contributed by atoms with E-state index in [2.05, 4.69) is 39.2 Å². The number of anilines is 1. The fourth-order valence-corrected chi connectivity index (χ4v) is 6.02. The highest BCUT2D eigenvalue weighted by atomic mass is 35.5. The van der Waals surface area contributed by atoms with Gasteiger partial charge in [0.1, 0.15) is 5.82 Å². The molecule has 1 N–H and O–H groups in total. The maximum absolute atomic E-state index is 12.9. The minimum Gasteiger partial charge on any atom is -0.379 e. The van der Waals surface area contributed by atoms with Crippen LogP contribution in [0.25, 0.3) is 16.2 Å².